The van der Waals surface area contributed by atoms with Gasteiger partial charge in [0.25, 0.3) is 0 Å². The summed E-state index contributed by atoms with van der Waals surface area (Å²) in [5.74, 6) is 4.92. The van der Waals surface area contributed by atoms with E-state index in [1.165, 1.54) is 24.3 Å². The normalized spacial score (nSPS) is 29.4. The third-order valence-electron chi connectivity index (χ3n) is 7.99. The van der Waals surface area contributed by atoms with Gasteiger partial charge in [0, 0.05) is 18.4 Å². The van der Waals surface area contributed by atoms with Crippen molar-refractivity contribution in [1.82, 2.24) is 0 Å². The Hall–Kier alpha value is -3.62. The molecule has 2 aromatic carbocycles. The van der Waals surface area contributed by atoms with Gasteiger partial charge in [0.1, 0.15) is 17.1 Å². The quantitative estimate of drug-likeness (QED) is 0.194. The molecule has 2 aromatic rings. The molecule has 0 radical (unpaired) electrons. The van der Waals surface area contributed by atoms with Crippen LogP contribution in [0.1, 0.15) is 67.3 Å². The van der Waals surface area contributed by atoms with Crippen LogP contribution in [-0.2, 0) is 10.3 Å². The maximum Gasteiger partial charge on any atom is 0.187 e. The number of halogens is 1. The largest absolute Gasteiger partial charge is 0.323 e. The SMILES string of the molecule is N=NC1(CCCC(=O)c2ccc(F)cc2)CCC2(CC1)C(=O)C(=NN)CC2(N=N)c1ccccc1. The van der Waals surface area contributed by atoms with Crippen LogP contribution in [0, 0.1) is 22.3 Å². The minimum atomic E-state index is -1.09. The lowest BCUT2D eigenvalue weighted by atomic mass is 9.57. The van der Waals surface area contributed by atoms with Crippen molar-refractivity contribution in [2.24, 2.45) is 26.6 Å². The molecule has 0 amide bonds. The second-order valence-corrected chi connectivity index (χ2v) is 9.62. The zero-order valence-corrected chi connectivity index (χ0v) is 19.5. The van der Waals surface area contributed by atoms with Gasteiger partial charge in [-0.2, -0.15) is 15.3 Å². The van der Waals surface area contributed by atoms with Crippen LogP contribution in [0.15, 0.2) is 69.9 Å². The van der Waals surface area contributed by atoms with Crippen molar-refractivity contribution in [2.75, 3.05) is 0 Å². The van der Waals surface area contributed by atoms with E-state index in [0.717, 1.165) is 5.56 Å². The molecule has 2 aliphatic rings. The number of rotatable bonds is 8. The Morgan fingerprint density at radius 3 is 2.20 bits per heavy atom. The number of nitrogens with zero attached hydrogens (tertiary/aromatic N) is 3. The van der Waals surface area contributed by atoms with Gasteiger partial charge in [-0.3, -0.25) is 9.59 Å². The average molecular weight is 477 g/mol. The van der Waals surface area contributed by atoms with Crippen molar-refractivity contribution in [3.05, 3.63) is 71.5 Å². The highest BCUT2D eigenvalue weighted by atomic mass is 19.1. The summed E-state index contributed by atoms with van der Waals surface area (Å²) in [6, 6.07) is 14.8. The first-order chi connectivity index (χ1) is 16.9. The maximum atomic E-state index is 13.5. The third-order valence-corrected chi connectivity index (χ3v) is 7.99. The van der Waals surface area contributed by atoms with E-state index in [1.54, 1.807) is 0 Å². The second-order valence-electron chi connectivity index (χ2n) is 9.62. The number of hydrazone groups is 1. The number of hydrogen-bond donors (Lipinski definition) is 3. The molecule has 8 nitrogen and oxygen atoms in total. The molecule has 182 valence electrons. The summed E-state index contributed by atoms with van der Waals surface area (Å²) in [7, 11) is 0. The van der Waals surface area contributed by atoms with E-state index in [4.69, 9.17) is 16.9 Å². The topological polar surface area (TPSA) is 145 Å². The molecule has 0 saturated heterocycles. The summed E-state index contributed by atoms with van der Waals surface area (Å²) in [5, 5.41) is 11.8. The molecule has 1 spiro atoms. The van der Waals surface area contributed by atoms with Crippen LogP contribution in [0.2, 0.25) is 0 Å². The van der Waals surface area contributed by atoms with E-state index < -0.39 is 16.5 Å². The third kappa shape index (κ3) is 4.09. The summed E-state index contributed by atoms with van der Waals surface area (Å²) in [4.78, 5) is 26.0. The van der Waals surface area contributed by atoms with E-state index in [9.17, 15) is 14.0 Å². The highest BCUT2D eigenvalue weighted by Gasteiger charge is 2.66. The highest BCUT2D eigenvalue weighted by molar-refractivity contribution is 6.44. The average Bonchev–Trinajstić information content (AvgIpc) is 3.14. The first-order valence-corrected chi connectivity index (χ1v) is 11.8. The number of nitrogens with one attached hydrogen (secondary N) is 2. The molecule has 0 aromatic heterocycles. The number of carbonyl (C=O) groups excluding carboxylic acids is 2. The number of benzene rings is 2. The molecular weight excluding hydrogens is 447 g/mol. The van der Waals surface area contributed by atoms with Crippen LogP contribution in [0.5, 0.6) is 0 Å². The standard InChI is InChI=1S/C26H29FN6O2/c27-20-10-8-18(9-11-20)22(34)7-4-12-24(32-29)13-15-25(16-14-24)23(35)21(31-28)17-26(25,33-30)19-5-2-1-3-6-19/h1-3,5-6,8-11,29-30H,4,7,12-17,28H2. The van der Waals surface area contributed by atoms with Crippen LogP contribution in [0.4, 0.5) is 4.39 Å². The minimum Gasteiger partial charge on any atom is -0.323 e. The zero-order valence-electron chi connectivity index (χ0n) is 19.5. The van der Waals surface area contributed by atoms with Crippen molar-refractivity contribution in [1.29, 1.82) is 11.1 Å². The summed E-state index contributed by atoms with van der Waals surface area (Å²) in [5.41, 5.74) is 14.8. The van der Waals surface area contributed by atoms with Gasteiger partial charge >= 0.3 is 0 Å². The van der Waals surface area contributed by atoms with Crippen molar-refractivity contribution >= 4 is 17.3 Å². The zero-order chi connectivity index (χ0) is 25.1. The number of carbonyl (C=O) groups is 2. The molecular formula is C26H29FN6O2. The Morgan fingerprint density at radius 2 is 1.63 bits per heavy atom. The first kappa shape index (κ1) is 24.5. The van der Waals surface area contributed by atoms with Gasteiger partial charge in [0.2, 0.25) is 0 Å². The second kappa shape index (κ2) is 9.56. The lowest BCUT2D eigenvalue weighted by molar-refractivity contribution is -0.127. The Balaban J connectivity index is 1.52. The lowest BCUT2D eigenvalue weighted by Gasteiger charge is -2.47. The Labute approximate surface area is 203 Å². The smallest absolute Gasteiger partial charge is 0.187 e. The summed E-state index contributed by atoms with van der Waals surface area (Å²) in [6.07, 6.45) is 3.24. The van der Waals surface area contributed by atoms with Crippen LogP contribution in [0.3, 0.4) is 0 Å². The summed E-state index contributed by atoms with van der Waals surface area (Å²) >= 11 is 0. The van der Waals surface area contributed by atoms with Gasteiger partial charge in [-0.1, -0.05) is 30.3 Å². The van der Waals surface area contributed by atoms with Crippen molar-refractivity contribution in [3.8, 4) is 0 Å². The Bertz CT molecular complexity index is 1160. The molecule has 2 saturated carbocycles. The molecule has 1 unspecified atom stereocenters. The molecule has 0 bridgehead atoms. The van der Waals surface area contributed by atoms with Gasteiger partial charge < -0.3 is 5.84 Å². The van der Waals surface area contributed by atoms with Gasteiger partial charge in [0.05, 0.1) is 11.0 Å². The highest BCUT2D eigenvalue weighted by Crippen LogP contribution is 2.61. The van der Waals surface area contributed by atoms with Gasteiger partial charge in [0.15, 0.2) is 11.6 Å². The minimum absolute atomic E-state index is 0.0803. The number of hydrogen-bond acceptors (Lipinski definition) is 8. The predicted octanol–water partition coefficient (Wildman–Crippen LogP) is 5.72. The fourth-order valence-electron chi connectivity index (χ4n) is 5.92. The van der Waals surface area contributed by atoms with Crippen molar-refractivity contribution in [2.45, 2.75) is 62.4 Å². The number of Topliss-reactive ketones (excluding diaryl/α,β-unsaturated/α-hetero) is 2. The van der Waals surface area contributed by atoms with Gasteiger partial charge in [-0.25, -0.2) is 15.5 Å². The van der Waals surface area contributed by atoms with Crippen molar-refractivity contribution in [3.63, 3.8) is 0 Å². The van der Waals surface area contributed by atoms with E-state index in [-0.39, 0.29) is 35.9 Å². The van der Waals surface area contributed by atoms with Crippen LogP contribution >= 0.6 is 0 Å². The molecule has 4 N–H and O–H groups in total. The van der Waals surface area contributed by atoms with Gasteiger partial charge in [-0.05, 0) is 68.4 Å². The monoisotopic (exact) mass is 476 g/mol. The van der Waals surface area contributed by atoms with E-state index in [2.05, 4.69) is 15.3 Å². The van der Waals surface area contributed by atoms with Crippen LogP contribution < -0.4 is 5.84 Å². The molecule has 2 fully saturated rings. The van der Waals surface area contributed by atoms with Gasteiger partial charge in [-0.15, -0.1) is 0 Å². The first-order valence-electron chi connectivity index (χ1n) is 11.8. The molecule has 0 heterocycles. The molecule has 1 atom stereocenters. The molecule has 4 rings (SSSR count). The molecule has 0 aliphatic heterocycles. The van der Waals surface area contributed by atoms with Crippen LogP contribution in [-0.4, -0.2) is 22.8 Å². The number of nitrogens with two attached hydrogens (primary N) is 1. The molecule has 2 aliphatic carbocycles. The predicted molar refractivity (Wildman–Crippen MR) is 128 cm³/mol. The number of ketones is 2. The lowest BCUT2D eigenvalue weighted by Crippen LogP contribution is -2.50. The van der Waals surface area contributed by atoms with Crippen LogP contribution in [0.25, 0.3) is 0 Å². The van der Waals surface area contributed by atoms with E-state index >= 15 is 0 Å². The summed E-state index contributed by atoms with van der Waals surface area (Å²) < 4.78 is 13.1. The fraction of sp³-hybridized carbons (Fsp3) is 0.423. The molecule has 9 heteroatoms. The van der Waals surface area contributed by atoms with E-state index in [0.29, 0.717) is 44.1 Å². The Morgan fingerprint density at radius 1 is 0.971 bits per heavy atom. The Kier molecular flexibility index (Phi) is 6.69. The van der Waals surface area contributed by atoms with Crippen molar-refractivity contribution < 1.29 is 14.0 Å². The molecule has 35 heavy (non-hydrogen) atoms. The maximum absolute atomic E-state index is 13.5. The van der Waals surface area contributed by atoms with E-state index in [1.807, 2.05) is 30.3 Å². The summed E-state index contributed by atoms with van der Waals surface area (Å²) in [6.45, 7) is 0. The fourth-order valence-corrected chi connectivity index (χ4v) is 5.92.